The highest BCUT2D eigenvalue weighted by atomic mass is 28.2. The van der Waals surface area contributed by atoms with Crippen LogP contribution in [0.1, 0.15) is 12.5 Å². The molecule has 0 aliphatic heterocycles. The smallest absolute Gasteiger partial charge is 0.310 e. The van der Waals surface area contributed by atoms with Crippen molar-refractivity contribution in [1.82, 2.24) is 0 Å². The molecule has 0 saturated carbocycles. The third kappa shape index (κ3) is 2.39. The lowest BCUT2D eigenvalue weighted by Gasteiger charge is -2.05. The topological polar surface area (TPSA) is 9.23 Å². The molecule has 11 heavy (non-hydrogen) atoms. The van der Waals surface area contributed by atoms with Crippen molar-refractivity contribution in [1.29, 1.82) is 0 Å². The van der Waals surface area contributed by atoms with E-state index in [0.717, 1.165) is 11.8 Å². The molecule has 1 rings (SSSR count). The molecule has 1 aromatic rings. The number of rotatable bonds is 3. The fourth-order valence-corrected chi connectivity index (χ4v) is 1.35. The van der Waals surface area contributed by atoms with Crippen LogP contribution in [0.15, 0.2) is 24.3 Å². The highest BCUT2D eigenvalue weighted by Crippen LogP contribution is 2.15. The fourth-order valence-electron chi connectivity index (χ4n) is 0.821. The second kappa shape index (κ2) is 4.19. The molecule has 1 aromatic carbocycles. The van der Waals surface area contributed by atoms with Crippen LogP contribution in [0.25, 0.3) is 0 Å². The molecule has 0 aliphatic rings. The summed E-state index contributed by atoms with van der Waals surface area (Å²) in [4.78, 5) is 0. The van der Waals surface area contributed by atoms with Crippen molar-refractivity contribution in [3.05, 3.63) is 29.8 Å². The number of hydrogen-bond donors (Lipinski definition) is 0. The molecule has 0 aliphatic carbocycles. The van der Waals surface area contributed by atoms with E-state index < -0.39 is 0 Å². The van der Waals surface area contributed by atoms with Crippen LogP contribution in [0, 0.1) is 6.92 Å². The van der Waals surface area contributed by atoms with Gasteiger partial charge in [-0.3, -0.25) is 0 Å². The van der Waals surface area contributed by atoms with Gasteiger partial charge in [-0.25, -0.2) is 0 Å². The first-order valence-corrected chi connectivity index (χ1v) is 4.91. The van der Waals surface area contributed by atoms with Gasteiger partial charge in [-0.15, -0.1) is 0 Å². The van der Waals surface area contributed by atoms with Gasteiger partial charge in [0.05, 0.1) is 0 Å². The van der Waals surface area contributed by atoms with Crippen molar-refractivity contribution in [2.45, 2.75) is 19.9 Å². The normalized spacial score (nSPS) is 9.64. The maximum Gasteiger partial charge on any atom is 0.310 e. The minimum absolute atomic E-state index is 0.589. The quantitative estimate of drug-likeness (QED) is 0.623. The van der Waals surface area contributed by atoms with Gasteiger partial charge in [0.15, 0.2) is 0 Å². The van der Waals surface area contributed by atoms with Gasteiger partial charge in [0.1, 0.15) is 5.75 Å². The maximum absolute atomic E-state index is 5.51. The zero-order valence-electron chi connectivity index (χ0n) is 6.92. The fraction of sp³-hybridized carbons (Fsp3) is 0.333. The minimum Gasteiger partial charge on any atom is -0.541 e. The first-order chi connectivity index (χ1) is 5.34. The van der Waals surface area contributed by atoms with Crippen LogP contribution in [-0.4, -0.2) is 9.76 Å². The number of hydrogen-bond acceptors (Lipinski definition) is 1. The van der Waals surface area contributed by atoms with E-state index in [1.807, 2.05) is 18.2 Å². The lowest BCUT2D eigenvalue weighted by atomic mass is 10.2. The van der Waals surface area contributed by atoms with Gasteiger partial charge in [0.25, 0.3) is 0 Å². The molecule has 58 valence electrons. The van der Waals surface area contributed by atoms with Crippen molar-refractivity contribution in [3.8, 4) is 5.75 Å². The zero-order chi connectivity index (χ0) is 8.10. The SMILES string of the molecule is CC[Si]Oc1ccccc1C. The average Bonchev–Trinajstić information content (AvgIpc) is 2.03. The molecule has 0 spiro atoms. The second-order valence-electron chi connectivity index (χ2n) is 2.37. The van der Waals surface area contributed by atoms with Crippen molar-refractivity contribution in [2.24, 2.45) is 0 Å². The first-order valence-electron chi connectivity index (χ1n) is 3.80. The Morgan fingerprint density at radius 3 is 2.73 bits per heavy atom. The van der Waals surface area contributed by atoms with Gasteiger partial charge in [-0.05, 0) is 24.6 Å². The van der Waals surface area contributed by atoms with Crippen molar-refractivity contribution in [3.63, 3.8) is 0 Å². The molecule has 0 atom stereocenters. The Hall–Kier alpha value is -0.763. The lowest BCUT2D eigenvalue weighted by Crippen LogP contribution is -2.00. The van der Waals surface area contributed by atoms with Crippen LogP contribution in [0.3, 0.4) is 0 Å². The number of benzene rings is 1. The van der Waals surface area contributed by atoms with Gasteiger partial charge in [-0.1, -0.05) is 25.1 Å². The Balaban J connectivity index is 2.62. The lowest BCUT2D eigenvalue weighted by molar-refractivity contribution is 0.588. The van der Waals surface area contributed by atoms with Crippen LogP contribution >= 0.6 is 0 Å². The zero-order valence-corrected chi connectivity index (χ0v) is 7.92. The molecule has 0 heterocycles. The Morgan fingerprint density at radius 2 is 2.09 bits per heavy atom. The summed E-state index contributed by atoms with van der Waals surface area (Å²) in [7, 11) is 0.589. The molecule has 1 nitrogen and oxygen atoms in total. The number of aryl methyl sites for hydroxylation is 1. The van der Waals surface area contributed by atoms with Gasteiger partial charge in [-0.2, -0.15) is 0 Å². The molecule has 0 saturated heterocycles. The largest absolute Gasteiger partial charge is 0.541 e. The van der Waals surface area contributed by atoms with E-state index in [-0.39, 0.29) is 0 Å². The third-order valence-corrected chi connectivity index (χ3v) is 2.07. The highest BCUT2D eigenvalue weighted by molar-refractivity contribution is 6.28. The van der Waals surface area contributed by atoms with Crippen molar-refractivity contribution < 1.29 is 4.43 Å². The molecular weight excluding hydrogens is 152 g/mol. The molecule has 0 aromatic heterocycles. The monoisotopic (exact) mass is 164 g/mol. The van der Waals surface area contributed by atoms with Crippen LogP contribution in [-0.2, 0) is 0 Å². The van der Waals surface area contributed by atoms with Gasteiger partial charge < -0.3 is 4.43 Å². The molecule has 2 radical (unpaired) electrons. The average molecular weight is 164 g/mol. The molecule has 0 unspecified atom stereocenters. The third-order valence-electron chi connectivity index (χ3n) is 1.42. The summed E-state index contributed by atoms with van der Waals surface area (Å²) in [6.45, 7) is 4.19. The van der Waals surface area contributed by atoms with E-state index >= 15 is 0 Å². The van der Waals surface area contributed by atoms with E-state index in [1.165, 1.54) is 5.56 Å². The van der Waals surface area contributed by atoms with E-state index in [9.17, 15) is 0 Å². The van der Waals surface area contributed by atoms with Gasteiger partial charge in [0.2, 0.25) is 0 Å². The molecule has 0 N–H and O–H groups in total. The van der Waals surface area contributed by atoms with Crippen molar-refractivity contribution >= 4 is 9.76 Å². The summed E-state index contributed by atoms with van der Waals surface area (Å²) in [5, 5.41) is 0. The summed E-state index contributed by atoms with van der Waals surface area (Å²) < 4.78 is 5.51. The Bertz CT molecular complexity index is 223. The van der Waals surface area contributed by atoms with Crippen LogP contribution < -0.4 is 4.43 Å². The van der Waals surface area contributed by atoms with E-state index in [0.29, 0.717) is 9.76 Å². The van der Waals surface area contributed by atoms with Crippen LogP contribution in [0.2, 0.25) is 6.04 Å². The Kier molecular flexibility index (Phi) is 3.17. The summed E-state index contributed by atoms with van der Waals surface area (Å²) >= 11 is 0. The first kappa shape index (κ1) is 8.33. The summed E-state index contributed by atoms with van der Waals surface area (Å²) in [5.74, 6) is 1.02. The molecular formula is C9H12OSi. The van der Waals surface area contributed by atoms with E-state index in [1.54, 1.807) is 0 Å². The Morgan fingerprint density at radius 1 is 1.36 bits per heavy atom. The summed E-state index contributed by atoms with van der Waals surface area (Å²) in [5.41, 5.74) is 1.22. The Labute approximate surface area is 70.3 Å². The highest BCUT2D eigenvalue weighted by Gasteiger charge is 1.95. The van der Waals surface area contributed by atoms with Crippen molar-refractivity contribution in [2.75, 3.05) is 0 Å². The maximum atomic E-state index is 5.51. The standard InChI is InChI=1S/C9H12OSi/c1-3-11-10-9-7-5-4-6-8(9)2/h4-7H,3H2,1-2H3. The van der Waals surface area contributed by atoms with Gasteiger partial charge >= 0.3 is 9.76 Å². The predicted molar refractivity (Wildman–Crippen MR) is 48.0 cm³/mol. The van der Waals surface area contributed by atoms with Gasteiger partial charge in [0, 0.05) is 0 Å². The molecule has 0 fully saturated rings. The molecule has 0 amide bonds. The predicted octanol–water partition coefficient (Wildman–Crippen LogP) is 2.43. The number of para-hydroxylation sites is 1. The van der Waals surface area contributed by atoms with Crippen LogP contribution in [0.5, 0.6) is 5.75 Å². The van der Waals surface area contributed by atoms with E-state index in [4.69, 9.17) is 4.43 Å². The second-order valence-corrected chi connectivity index (χ2v) is 3.57. The summed E-state index contributed by atoms with van der Waals surface area (Å²) in [6, 6.07) is 9.20. The molecule has 2 heteroatoms. The minimum atomic E-state index is 0.589. The summed E-state index contributed by atoms with van der Waals surface area (Å²) in [6.07, 6.45) is 0. The van der Waals surface area contributed by atoms with Crippen LogP contribution in [0.4, 0.5) is 0 Å². The van der Waals surface area contributed by atoms with E-state index in [2.05, 4.69) is 19.9 Å². The molecule has 0 bridgehead atoms.